The summed E-state index contributed by atoms with van der Waals surface area (Å²) in [6.07, 6.45) is 0.790. The van der Waals surface area contributed by atoms with Gasteiger partial charge in [0.15, 0.2) is 6.29 Å². The molecule has 0 bridgehead atoms. The van der Waals surface area contributed by atoms with Gasteiger partial charge in [-0.15, -0.1) is 0 Å². The summed E-state index contributed by atoms with van der Waals surface area (Å²) in [7, 11) is 3.45. The van der Waals surface area contributed by atoms with Gasteiger partial charge >= 0.3 is 0 Å². The maximum absolute atomic E-state index is 13.9. The first-order valence-electron chi connectivity index (χ1n) is 12.4. The van der Waals surface area contributed by atoms with Crippen LogP contribution in [0.3, 0.4) is 0 Å². The lowest BCUT2D eigenvalue weighted by molar-refractivity contribution is -0.104. The average molecular weight is 498 g/mol. The molecule has 1 saturated heterocycles. The number of carbonyl (C=O) groups is 1. The molecule has 4 aromatic rings. The first-order valence-corrected chi connectivity index (χ1v) is 12.4. The second-order valence-corrected chi connectivity index (χ2v) is 9.30. The number of hydrogen-bond donors (Lipinski definition) is 1. The van der Waals surface area contributed by atoms with E-state index in [9.17, 15) is 9.90 Å². The first-order chi connectivity index (χ1) is 18.0. The van der Waals surface area contributed by atoms with Gasteiger partial charge in [0.25, 0.3) is 5.91 Å². The number of aliphatic hydroxyl groups is 1. The number of morpholine rings is 1. The van der Waals surface area contributed by atoms with Crippen LogP contribution in [0, 0.1) is 6.92 Å². The van der Waals surface area contributed by atoms with Crippen LogP contribution < -0.4 is 9.64 Å². The van der Waals surface area contributed by atoms with Crippen LogP contribution in [0.5, 0.6) is 5.75 Å². The third-order valence-corrected chi connectivity index (χ3v) is 6.89. The highest BCUT2D eigenvalue weighted by molar-refractivity contribution is 6.01. The molecule has 1 aliphatic heterocycles. The van der Waals surface area contributed by atoms with Gasteiger partial charge in [-0.2, -0.15) is 0 Å². The number of anilines is 1. The van der Waals surface area contributed by atoms with Gasteiger partial charge < -0.3 is 24.4 Å². The van der Waals surface area contributed by atoms with E-state index in [1.807, 2.05) is 66.4 Å². The second kappa shape index (κ2) is 10.6. The molecule has 1 unspecified atom stereocenters. The summed E-state index contributed by atoms with van der Waals surface area (Å²) in [5.74, 6) is 1.32. The molecule has 1 aromatic heterocycles. The predicted octanol–water partition coefficient (Wildman–Crippen LogP) is 4.65. The standard InChI is InChI=1S/C30H31N3O4/c1-20-8-4-6-10-22(20)24-16-28(33-14-15-37-29(34)19-33)31-17-25(24)30(35)32(2)18-26-23-11-7-5-9-21(23)12-13-27(26)36-3/h4-13,16-17,29,34H,14-15,18-19H2,1-3H3. The van der Waals surface area contributed by atoms with Crippen LogP contribution in [0.4, 0.5) is 5.82 Å². The Morgan fingerprint density at radius 3 is 2.70 bits per heavy atom. The monoisotopic (exact) mass is 497 g/mol. The summed E-state index contributed by atoms with van der Waals surface area (Å²) in [4.78, 5) is 22.2. The number of carbonyl (C=O) groups excluding carboxylic acids is 1. The number of methoxy groups -OCH3 is 1. The molecule has 7 nitrogen and oxygen atoms in total. The van der Waals surface area contributed by atoms with E-state index in [0.29, 0.717) is 37.6 Å². The molecule has 0 saturated carbocycles. The Balaban J connectivity index is 1.53. The van der Waals surface area contributed by atoms with Gasteiger partial charge in [0, 0.05) is 31.9 Å². The van der Waals surface area contributed by atoms with Crippen LogP contribution in [0.25, 0.3) is 21.9 Å². The molecule has 1 aliphatic rings. The number of pyridine rings is 1. The van der Waals surface area contributed by atoms with Crippen molar-refractivity contribution in [2.45, 2.75) is 19.8 Å². The van der Waals surface area contributed by atoms with Crippen molar-refractivity contribution in [1.82, 2.24) is 9.88 Å². The average Bonchev–Trinajstić information content (AvgIpc) is 2.93. The third-order valence-electron chi connectivity index (χ3n) is 6.89. The van der Waals surface area contributed by atoms with Crippen LogP contribution in [-0.2, 0) is 11.3 Å². The number of benzene rings is 3. The third kappa shape index (κ3) is 5.01. The largest absolute Gasteiger partial charge is 0.496 e. The van der Waals surface area contributed by atoms with Crippen molar-refractivity contribution in [2.75, 3.05) is 38.8 Å². The summed E-state index contributed by atoms with van der Waals surface area (Å²) in [6, 6.07) is 22.0. The lowest BCUT2D eigenvalue weighted by atomic mass is 9.96. The number of fused-ring (bicyclic) bond motifs is 1. The van der Waals surface area contributed by atoms with Crippen molar-refractivity contribution in [3.8, 4) is 16.9 Å². The Morgan fingerprint density at radius 1 is 1.14 bits per heavy atom. The fourth-order valence-corrected chi connectivity index (χ4v) is 4.91. The van der Waals surface area contributed by atoms with Gasteiger partial charge in [-0.1, -0.05) is 54.6 Å². The first kappa shape index (κ1) is 24.7. The highest BCUT2D eigenvalue weighted by Crippen LogP contribution is 2.33. The molecule has 5 rings (SSSR count). The Morgan fingerprint density at radius 2 is 1.92 bits per heavy atom. The van der Waals surface area contributed by atoms with E-state index in [-0.39, 0.29) is 5.91 Å². The minimum Gasteiger partial charge on any atom is -0.496 e. The van der Waals surface area contributed by atoms with Gasteiger partial charge in [-0.25, -0.2) is 4.98 Å². The Labute approximate surface area is 216 Å². The molecule has 0 spiro atoms. The number of ether oxygens (including phenoxy) is 2. The summed E-state index contributed by atoms with van der Waals surface area (Å²) in [6.45, 7) is 3.78. The minimum absolute atomic E-state index is 0.130. The smallest absolute Gasteiger partial charge is 0.256 e. The van der Waals surface area contributed by atoms with Gasteiger partial charge in [-0.3, -0.25) is 4.79 Å². The molecule has 2 heterocycles. The van der Waals surface area contributed by atoms with E-state index in [2.05, 4.69) is 17.1 Å². The molecule has 0 aliphatic carbocycles. The fraction of sp³-hybridized carbons (Fsp3) is 0.267. The van der Waals surface area contributed by atoms with Gasteiger partial charge in [0.05, 0.1) is 25.8 Å². The van der Waals surface area contributed by atoms with E-state index in [4.69, 9.17) is 9.47 Å². The molecule has 7 heteroatoms. The number of aliphatic hydroxyl groups excluding tert-OH is 1. The lowest BCUT2D eigenvalue weighted by Crippen LogP contribution is -2.42. The van der Waals surface area contributed by atoms with Crippen LogP contribution >= 0.6 is 0 Å². The molecule has 37 heavy (non-hydrogen) atoms. The Hall–Kier alpha value is -3.94. The van der Waals surface area contributed by atoms with Gasteiger partial charge in [0.1, 0.15) is 11.6 Å². The molecule has 0 radical (unpaired) electrons. The van der Waals surface area contributed by atoms with E-state index < -0.39 is 6.29 Å². The van der Waals surface area contributed by atoms with Crippen molar-refractivity contribution in [3.05, 3.63) is 89.6 Å². The highest BCUT2D eigenvalue weighted by atomic mass is 16.6. The van der Waals surface area contributed by atoms with E-state index >= 15 is 0 Å². The minimum atomic E-state index is -0.861. The zero-order valence-corrected chi connectivity index (χ0v) is 21.3. The van der Waals surface area contributed by atoms with Crippen LogP contribution in [-0.4, -0.2) is 61.0 Å². The maximum atomic E-state index is 13.9. The SMILES string of the molecule is COc1ccc2ccccc2c1CN(C)C(=O)c1cnc(N2CCOC(O)C2)cc1-c1ccccc1C. The molecule has 190 valence electrons. The number of rotatable bonds is 6. The van der Waals surface area contributed by atoms with Crippen molar-refractivity contribution < 1.29 is 19.4 Å². The zero-order valence-electron chi connectivity index (χ0n) is 21.3. The van der Waals surface area contributed by atoms with Crippen molar-refractivity contribution in [1.29, 1.82) is 0 Å². The Bertz CT molecular complexity index is 1440. The molecule has 1 atom stereocenters. The molecule has 1 N–H and O–H groups in total. The number of nitrogens with zero attached hydrogens (tertiary/aromatic N) is 3. The predicted molar refractivity (Wildman–Crippen MR) is 145 cm³/mol. The molecular formula is C30H31N3O4. The van der Waals surface area contributed by atoms with Gasteiger partial charge in [0.2, 0.25) is 0 Å². The van der Waals surface area contributed by atoms with Crippen LogP contribution in [0.1, 0.15) is 21.5 Å². The number of aryl methyl sites for hydroxylation is 1. The zero-order chi connectivity index (χ0) is 25.9. The summed E-state index contributed by atoms with van der Waals surface area (Å²) >= 11 is 0. The summed E-state index contributed by atoms with van der Waals surface area (Å²) in [5, 5.41) is 12.1. The van der Waals surface area contributed by atoms with E-state index in [0.717, 1.165) is 38.8 Å². The van der Waals surface area contributed by atoms with Crippen molar-refractivity contribution in [2.24, 2.45) is 0 Å². The maximum Gasteiger partial charge on any atom is 0.256 e. The fourth-order valence-electron chi connectivity index (χ4n) is 4.91. The van der Waals surface area contributed by atoms with E-state index in [1.165, 1.54) is 0 Å². The highest BCUT2D eigenvalue weighted by Gasteiger charge is 2.24. The van der Waals surface area contributed by atoms with Crippen LogP contribution in [0.15, 0.2) is 72.9 Å². The number of β-amino-alcohol motifs (C(OH)–C–C–N with tert-alkyl or cyclic N) is 1. The van der Waals surface area contributed by atoms with Crippen molar-refractivity contribution in [3.63, 3.8) is 0 Å². The normalized spacial score (nSPS) is 15.6. The molecule has 3 aromatic carbocycles. The molecule has 1 amide bonds. The second-order valence-electron chi connectivity index (χ2n) is 9.30. The quantitative estimate of drug-likeness (QED) is 0.418. The number of aromatic nitrogens is 1. The lowest BCUT2D eigenvalue weighted by Gasteiger charge is -2.31. The van der Waals surface area contributed by atoms with Crippen molar-refractivity contribution >= 4 is 22.5 Å². The molecular weight excluding hydrogens is 466 g/mol. The number of hydrogen-bond acceptors (Lipinski definition) is 6. The summed E-state index contributed by atoms with van der Waals surface area (Å²) < 4.78 is 10.9. The number of amides is 1. The summed E-state index contributed by atoms with van der Waals surface area (Å²) in [5.41, 5.74) is 4.33. The van der Waals surface area contributed by atoms with E-state index in [1.54, 1.807) is 25.3 Å². The molecule has 1 fully saturated rings. The van der Waals surface area contributed by atoms with Gasteiger partial charge in [-0.05, 0) is 46.5 Å². The van der Waals surface area contributed by atoms with Crippen LogP contribution in [0.2, 0.25) is 0 Å². The topological polar surface area (TPSA) is 75.1 Å². The Kier molecular flexibility index (Phi) is 7.08.